The number of halogens is 2. The molecule has 0 radical (unpaired) electrons. The zero-order valence-electron chi connectivity index (χ0n) is 12.9. The van der Waals surface area contributed by atoms with Crippen LogP contribution in [-0.4, -0.2) is 32.1 Å². The quantitative estimate of drug-likeness (QED) is 0.787. The van der Waals surface area contributed by atoms with E-state index in [1.54, 1.807) is 6.07 Å². The number of ether oxygens (including phenoxy) is 1. The van der Waals surface area contributed by atoms with Crippen molar-refractivity contribution in [1.82, 2.24) is 5.32 Å². The minimum Gasteiger partial charge on any atom is -0.383 e. The fourth-order valence-corrected chi connectivity index (χ4v) is 2.15. The van der Waals surface area contributed by atoms with Gasteiger partial charge in [0.05, 0.1) is 17.9 Å². The van der Waals surface area contributed by atoms with E-state index < -0.39 is 11.7 Å². The first-order chi connectivity index (χ1) is 11.5. The molecule has 5 nitrogen and oxygen atoms in total. The van der Waals surface area contributed by atoms with Gasteiger partial charge in [0, 0.05) is 24.2 Å². The van der Waals surface area contributed by atoms with Crippen molar-refractivity contribution in [3.8, 4) is 0 Å². The first-order valence-electron chi connectivity index (χ1n) is 7.15. The number of benzene rings is 2. The van der Waals surface area contributed by atoms with E-state index in [4.69, 9.17) is 16.3 Å². The molecule has 2 amide bonds. The Kier molecular flexibility index (Phi) is 6.28. The molecule has 0 aliphatic rings. The van der Waals surface area contributed by atoms with Crippen molar-refractivity contribution < 1.29 is 18.7 Å². The summed E-state index contributed by atoms with van der Waals surface area (Å²) in [6.07, 6.45) is 0. The van der Waals surface area contributed by atoms with Gasteiger partial charge in [0.25, 0.3) is 11.8 Å². The summed E-state index contributed by atoms with van der Waals surface area (Å²) in [5, 5.41) is 5.67. The highest BCUT2D eigenvalue weighted by atomic mass is 35.5. The van der Waals surface area contributed by atoms with Crippen LogP contribution in [0.15, 0.2) is 42.5 Å². The van der Waals surface area contributed by atoms with Crippen LogP contribution >= 0.6 is 11.6 Å². The Morgan fingerprint density at radius 3 is 2.50 bits per heavy atom. The Labute approximate surface area is 143 Å². The fourth-order valence-electron chi connectivity index (χ4n) is 1.98. The topological polar surface area (TPSA) is 67.4 Å². The van der Waals surface area contributed by atoms with Crippen LogP contribution in [0.5, 0.6) is 0 Å². The molecule has 0 aliphatic heterocycles. The molecule has 0 saturated heterocycles. The molecule has 7 heteroatoms. The van der Waals surface area contributed by atoms with Gasteiger partial charge in [-0.25, -0.2) is 4.39 Å². The maximum absolute atomic E-state index is 12.9. The summed E-state index contributed by atoms with van der Waals surface area (Å²) in [6.45, 7) is 0.708. The van der Waals surface area contributed by atoms with Crippen LogP contribution in [0.4, 0.5) is 10.1 Å². The SMILES string of the molecule is COCCNC(=O)c1ccc(Cl)cc1NC(=O)c1ccc(F)cc1. The minimum absolute atomic E-state index is 0.266. The lowest BCUT2D eigenvalue weighted by Gasteiger charge is -2.12. The molecule has 2 aromatic carbocycles. The molecular weight excluding hydrogens is 335 g/mol. The van der Waals surface area contributed by atoms with Gasteiger partial charge < -0.3 is 15.4 Å². The molecule has 0 aromatic heterocycles. The van der Waals surface area contributed by atoms with Crippen LogP contribution in [0.1, 0.15) is 20.7 Å². The highest BCUT2D eigenvalue weighted by molar-refractivity contribution is 6.31. The number of hydrogen-bond acceptors (Lipinski definition) is 3. The summed E-state index contributed by atoms with van der Waals surface area (Å²) in [5.41, 5.74) is 0.805. The van der Waals surface area contributed by atoms with Crippen molar-refractivity contribution in [3.05, 3.63) is 64.4 Å². The number of hydrogen-bond donors (Lipinski definition) is 2. The Hall–Kier alpha value is -2.44. The summed E-state index contributed by atoms with van der Waals surface area (Å²) in [6, 6.07) is 9.64. The van der Waals surface area contributed by atoms with Gasteiger partial charge in [0.1, 0.15) is 5.82 Å². The summed E-state index contributed by atoms with van der Waals surface area (Å²) in [7, 11) is 1.53. The molecule has 2 N–H and O–H groups in total. The number of carbonyl (C=O) groups is 2. The predicted octanol–water partition coefficient (Wildman–Crippen LogP) is 3.11. The second-order valence-electron chi connectivity index (χ2n) is 4.90. The van der Waals surface area contributed by atoms with Gasteiger partial charge in [-0.15, -0.1) is 0 Å². The molecule has 0 saturated carbocycles. The monoisotopic (exact) mass is 350 g/mol. The maximum atomic E-state index is 12.9. The van der Waals surface area contributed by atoms with Gasteiger partial charge in [0.15, 0.2) is 0 Å². The van der Waals surface area contributed by atoms with E-state index in [2.05, 4.69) is 10.6 Å². The van der Waals surface area contributed by atoms with Crippen molar-refractivity contribution in [2.45, 2.75) is 0 Å². The highest BCUT2D eigenvalue weighted by Gasteiger charge is 2.15. The lowest BCUT2D eigenvalue weighted by Crippen LogP contribution is -2.28. The summed E-state index contributed by atoms with van der Waals surface area (Å²) in [4.78, 5) is 24.4. The third kappa shape index (κ3) is 4.78. The van der Waals surface area contributed by atoms with Crippen LogP contribution in [0.3, 0.4) is 0 Å². The second kappa shape index (κ2) is 8.42. The first kappa shape index (κ1) is 17.9. The second-order valence-corrected chi connectivity index (χ2v) is 5.34. The van der Waals surface area contributed by atoms with Crippen molar-refractivity contribution in [2.75, 3.05) is 25.6 Å². The van der Waals surface area contributed by atoms with E-state index in [-0.39, 0.29) is 22.7 Å². The Morgan fingerprint density at radius 1 is 1.12 bits per heavy atom. The molecule has 0 fully saturated rings. The van der Waals surface area contributed by atoms with Crippen molar-refractivity contribution in [1.29, 1.82) is 0 Å². The van der Waals surface area contributed by atoms with Crippen molar-refractivity contribution >= 4 is 29.1 Å². The number of amides is 2. The summed E-state index contributed by atoms with van der Waals surface area (Å²) in [5.74, 6) is -1.27. The molecule has 0 bridgehead atoms. The molecule has 24 heavy (non-hydrogen) atoms. The van der Waals surface area contributed by atoms with Gasteiger partial charge in [-0.05, 0) is 42.5 Å². The van der Waals surface area contributed by atoms with Crippen LogP contribution in [0, 0.1) is 5.82 Å². The van der Waals surface area contributed by atoms with E-state index >= 15 is 0 Å². The van der Waals surface area contributed by atoms with E-state index in [1.807, 2.05) is 0 Å². The predicted molar refractivity (Wildman–Crippen MR) is 90.0 cm³/mol. The number of rotatable bonds is 6. The first-order valence-corrected chi connectivity index (χ1v) is 7.52. The van der Waals surface area contributed by atoms with Gasteiger partial charge in [0.2, 0.25) is 0 Å². The average Bonchev–Trinajstić information content (AvgIpc) is 2.55. The zero-order chi connectivity index (χ0) is 17.5. The van der Waals surface area contributed by atoms with Gasteiger partial charge in [-0.3, -0.25) is 9.59 Å². The summed E-state index contributed by atoms with van der Waals surface area (Å²) < 4.78 is 17.8. The molecule has 0 heterocycles. The molecule has 126 valence electrons. The lowest BCUT2D eigenvalue weighted by atomic mass is 10.1. The Morgan fingerprint density at radius 2 is 1.83 bits per heavy atom. The number of methoxy groups -OCH3 is 1. The normalized spacial score (nSPS) is 10.3. The van der Waals surface area contributed by atoms with E-state index in [1.165, 1.54) is 43.5 Å². The molecule has 0 unspecified atom stereocenters. The molecule has 0 atom stereocenters. The minimum atomic E-state index is -0.469. The van der Waals surface area contributed by atoms with Crippen molar-refractivity contribution in [3.63, 3.8) is 0 Å². The van der Waals surface area contributed by atoms with Crippen LogP contribution in [-0.2, 0) is 4.74 Å². The van der Waals surface area contributed by atoms with E-state index in [0.717, 1.165) is 0 Å². The van der Waals surface area contributed by atoms with Gasteiger partial charge >= 0.3 is 0 Å². The smallest absolute Gasteiger partial charge is 0.255 e. The third-order valence-corrected chi connectivity index (χ3v) is 3.41. The summed E-state index contributed by atoms with van der Waals surface area (Å²) >= 11 is 5.95. The maximum Gasteiger partial charge on any atom is 0.255 e. The molecule has 2 rings (SSSR count). The highest BCUT2D eigenvalue weighted by Crippen LogP contribution is 2.22. The Bertz CT molecular complexity index is 735. The third-order valence-electron chi connectivity index (χ3n) is 3.17. The number of nitrogens with one attached hydrogen (secondary N) is 2. The molecule has 2 aromatic rings. The van der Waals surface area contributed by atoms with Crippen LogP contribution in [0.2, 0.25) is 5.02 Å². The zero-order valence-corrected chi connectivity index (χ0v) is 13.7. The fraction of sp³-hybridized carbons (Fsp3) is 0.176. The molecular formula is C17H16ClFN2O3. The largest absolute Gasteiger partial charge is 0.383 e. The van der Waals surface area contributed by atoms with E-state index in [0.29, 0.717) is 18.2 Å². The lowest BCUT2D eigenvalue weighted by molar-refractivity contribution is 0.0938. The molecule has 0 aliphatic carbocycles. The van der Waals surface area contributed by atoms with Gasteiger partial charge in [-0.1, -0.05) is 11.6 Å². The Balaban J connectivity index is 2.19. The van der Waals surface area contributed by atoms with E-state index in [9.17, 15) is 14.0 Å². The van der Waals surface area contributed by atoms with Crippen LogP contribution < -0.4 is 10.6 Å². The van der Waals surface area contributed by atoms with Crippen LogP contribution in [0.25, 0.3) is 0 Å². The average molecular weight is 351 g/mol. The number of carbonyl (C=O) groups excluding carboxylic acids is 2. The molecule has 0 spiro atoms. The van der Waals surface area contributed by atoms with Crippen molar-refractivity contribution in [2.24, 2.45) is 0 Å². The van der Waals surface area contributed by atoms with Gasteiger partial charge in [-0.2, -0.15) is 0 Å². The number of anilines is 1. The standard InChI is InChI=1S/C17H16ClFN2O3/c1-24-9-8-20-17(23)14-7-4-12(18)10-15(14)21-16(22)11-2-5-13(19)6-3-11/h2-7,10H,8-9H2,1H3,(H,20,23)(H,21,22).